The summed E-state index contributed by atoms with van der Waals surface area (Å²) in [5.41, 5.74) is 1.35. The van der Waals surface area contributed by atoms with Crippen LogP contribution in [-0.2, 0) is 11.3 Å². The van der Waals surface area contributed by atoms with Gasteiger partial charge in [0.25, 0.3) is 11.1 Å². The molecule has 1 fully saturated rings. The van der Waals surface area contributed by atoms with Gasteiger partial charge in [-0.2, -0.15) is 0 Å². The van der Waals surface area contributed by atoms with Gasteiger partial charge in [-0.15, -0.1) is 0 Å². The van der Waals surface area contributed by atoms with E-state index in [1.807, 2.05) is 24.3 Å². The molecule has 0 spiro atoms. The van der Waals surface area contributed by atoms with Crippen LogP contribution in [0.15, 0.2) is 50.2 Å². The standard InChI is InChI=1S/C17H10Br2INO3S/c18-11-5-10(15(22)13(19)7-11)6-14-16(23)21(17(24)25-14)8-9-1-3-12(20)4-2-9/h1-7,22H,8H2/b14-6-. The van der Waals surface area contributed by atoms with E-state index in [2.05, 4.69) is 54.5 Å². The van der Waals surface area contributed by atoms with Crippen molar-refractivity contribution in [2.45, 2.75) is 6.54 Å². The number of amides is 2. The lowest BCUT2D eigenvalue weighted by molar-refractivity contribution is -0.123. The van der Waals surface area contributed by atoms with Crippen molar-refractivity contribution in [1.82, 2.24) is 4.90 Å². The Morgan fingerprint density at radius 3 is 2.52 bits per heavy atom. The van der Waals surface area contributed by atoms with Crippen molar-refractivity contribution in [1.29, 1.82) is 0 Å². The second-order valence-corrected chi connectivity index (χ2v) is 9.23. The lowest BCUT2D eigenvalue weighted by atomic mass is 10.2. The number of nitrogens with zero attached hydrogens (tertiary/aromatic N) is 1. The van der Waals surface area contributed by atoms with Crippen LogP contribution < -0.4 is 0 Å². The molecule has 2 aromatic rings. The number of halogens is 3. The van der Waals surface area contributed by atoms with Crippen LogP contribution in [0.1, 0.15) is 11.1 Å². The lowest BCUT2D eigenvalue weighted by Crippen LogP contribution is -2.27. The van der Waals surface area contributed by atoms with E-state index in [9.17, 15) is 14.7 Å². The summed E-state index contributed by atoms with van der Waals surface area (Å²) in [4.78, 5) is 26.3. The van der Waals surface area contributed by atoms with Gasteiger partial charge in [-0.25, -0.2) is 0 Å². The fraction of sp³-hybridized carbons (Fsp3) is 0.0588. The fourth-order valence-electron chi connectivity index (χ4n) is 2.25. The number of carbonyl (C=O) groups is 2. The third-order valence-electron chi connectivity index (χ3n) is 3.47. The summed E-state index contributed by atoms with van der Waals surface area (Å²) in [7, 11) is 0. The van der Waals surface area contributed by atoms with Gasteiger partial charge in [-0.05, 0) is 86.2 Å². The van der Waals surface area contributed by atoms with Gasteiger partial charge in [-0.1, -0.05) is 28.1 Å². The molecule has 0 atom stereocenters. The zero-order chi connectivity index (χ0) is 18.1. The van der Waals surface area contributed by atoms with Crippen LogP contribution in [0, 0.1) is 3.57 Å². The number of carbonyl (C=O) groups excluding carboxylic acids is 2. The number of phenols is 1. The van der Waals surface area contributed by atoms with E-state index in [0.29, 0.717) is 10.0 Å². The van der Waals surface area contributed by atoms with E-state index >= 15 is 0 Å². The van der Waals surface area contributed by atoms with Gasteiger partial charge in [0.05, 0.1) is 15.9 Å². The van der Waals surface area contributed by atoms with E-state index in [0.717, 1.165) is 25.4 Å². The molecule has 0 saturated carbocycles. The predicted octanol–water partition coefficient (Wildman–Crippen LogP) is 5.76. The first kappa shape index (κ1) is 18.9. The average Bonchev–Trinajstić information content (AvgIpc) is 2.81. The number of hydrogen-bond acceptors (Lipinski definition) is 4. The maximum Gasteiger partial charge on any atom is 0.293 e. The van der Waals surface area contributed by atoms with Crippen LogP contribution in [0.25, 0.3) is 6.08 Å². The van der Waals surface area contributed by atoms with Gasteiger partial charge in [0.15, 0.2) is 0 Å². The first-order chi connectivity index (χ1) is 11.8. The van der Waals surface area contributed by atoms with Crippen molar-refractivity contribution in [3.63, 3.8) is 0 Å². The molecule has 128 valence electrons. The third-order valence-corrected chi connectivity index (χ3v) is 6.16. The molecule has 1 heterocycles. The Kier molecular flexibility index (Phi) is 5.92. The number of benzene rings is 2. The summed E-state index contributed by atoms with van der Waals surface area (Å²) in [6, 6.07) is 11.0. The minimum atomic E-state index is -0.357. The fourth-order valence-corrected chi connectivity index (χ4v) is 4.69. The Morgan fingerprint density at radius 1 is 1.16 bits per heavy atom. The topological polar surface area (TPSA) is 57.6 Å². The molecule has 2 amide bonds. The Morgan fingerprint density at radius 2 is 1.84 bits per heavy atom. The highest BCUT2D eigenvalue weighted by atomic mass is 127. The molecular formula is C17H10Br2INO3S. The summed E-state index contributed by atoms with van der Waals surface area (Å²) in [5, 5.41) is 9.81. The Hall–Kier alpha value is -0.840. The monoisotopic (exact) mass is 593 g/mol. The largest absolute Gasteiger partial charge is 0.506 e. The van der Waals surface area contributed by atoms with E-state index in [1.54, 1.807) is 12.1 Å². The zero-order valence-corrected chi connectivity index (χ0v) is 18.6. The van der Waals surface area contributed by atoms with Crippen LogP contribution in [0.5, 0.6) is 5.75 Å². The Bertz CT molecular complexity index is 900. The van der Waals surface area contributed by atoms with Gasteiger partial charge >= 0.3 is 0 Å². The van der Waals surface area contributed by atoms with Crippen molar-refractivity contribution in [2.24, 2.45) is 0 Å². The van der Waals surface area contributed by atoms with Crippen molar-refractivity contribution in [3.05, 3.63) is 64.9 Å². The molecule has 0 bridgehead atoms. The van der Waals surface area contributed by atoms with Crippen LogP contribution in [-0.4, -0.2) is 21.2 Å². The molecular weight excluding hydrogens is 585 g/mol. The summed E-state index contributed by atoms with van der Waals surface area (Å²) >= 11 is 9.68. The summed E-state index contributed by atoms with van der Waals surface area (Å²) in [6.07, 6.45) is 1.53. The second kappa shape index (κ2) is 7.81. The van der Waals surface area contributed by atoms with Gasteiger partial charge in [0, 0.05) is 13.6 Å². The van der Waals surface area contributed by atoms with Gasteiger partial charge < -0.3 is 5.11 Å². The van der Waals surface area contributed by atoms with Crippen LogP contribution in [0.4, 0.5) is 4.79 Å². The van der Waals surface area contributed by atoms with Gasteiger partial charge in [0.1, 0.15) is 5.75 Å². The minimum Gasteiger partial charge on any atom is -0.506 e. The Labute approximate surface area is 179 Å². The smallest absolute Gasteiger partial charge is 0.293 e. The zero-order valence-electron chi connectivity index (χ0n) is 12.5. The van der Waals surface area contributed by atoms with Crippen molar-refractivity contribution >= 4 is 83.4 Å². The number of imide groups is 1. The molecule has 0 radical (unpaired) electrons. The van der Waals surface area contributed by atoms with E-state index in [4.69, 9.17) is 0 Å². The van der Waals surface area contributed by atoms with E-state index in [1.165, 1.54) is 11.0 Å². The molecule has 1 aliphatic rings. The summed E-state index contributed by atoms with van der Waals surface area (Å²) in [6.45, 7) is 0.229. The molecule has 0 aliphatic carbocycles. The van der Waals surface area contributed by atoms with Crippen molar-refractivity contribution < 1.29 is 14.7 Å². The van der Waals surface area contributed by atoms with Gasteiger partial charge in [-0.3, -0.25) is 14.5 Å². The van der Waals surface area contributed by atoms with Crippen LogP contribution in [0.2, 0.25) is 0 Å². The lowest BCUT2D eigenvalue weighted by Gasteiger charge is -2.12. The molecule has 0 unspecified atom stereocenters. The Balaban J connectivity index is 1.87. The van der Waals surface area contributed by atoms with Crippen LogP contribution >= 0.6 is 66.2 Å². The second-order valence-electron chi connectivity index (χ2n) is 5.22. The molecule has 1 aliphatic heterocycles. The predicted molar refractivity (Wildman–Crippen MR) is 114 cm³/mol. The van der Waals surface area contributed by atoms with Crippen molar-refractivity contribution in [3.8, 4) is 5.75 Å². The van der Waals surface area contributed by atoms with Crippen molar-refractivity contribution in [2.75, 3.05) is 0 Å². The molecule has 8 heteroatoms. The molecule has 4 nitrogen and oxygen atoms in total. The summed E-state index contributed by atoms with van der Waals surface area (Å²) < 4.78 is 2.35. The maximum atomic E-state index is 12.6. The first-order valence-corrected chi connectivity index (χ1v) is 10.5. The molecule has 1 saturated heterocycles. The normalized spacial score (nSPS) is 16.1. The number of thioether (sulfide) groups is 1. The van der Waals surface area contributed by atoms with E-state index < -0.39 is 0 Å². The quantitative estimate of drug-likeness (QED) is 0.363. The third kappa shape index (κ3) is 4.29. The molecule has 2 aromatic carbocycles. The number of rotatable bonds is 3. The number of hydrogen-bond donors (Lipinski definition) is 1. The molecule has 0 aromatic heterocycles. The number of phenolic OH excluding ortho intramolecular Hbond substituents is 1. The maximum absolute atomic E-state index is 12.6. The minimum absolute atomic E-state index is 0.0210. The summed E-state index contributed by atoms with van der Waals surface area (Å²) in [5.74, 6) is -0.336. The highest BCUT2D eigenvalue weighted by molar-refractivity contribution is 14.1. The SMILES string of the molecule is O=C1S/C(=C\c2cc(Br)cc(Br)c2O)C(=O)N1Cc1ccc(I)cc1. The first-order valence-electron chi connectivity index (χ1n) is 7.03. The molecule has 3 rings (SSSR count). The van der Waals surface area contributed by atoms with Gasteiger partial charge in [0.2, 0.25) is 0 Å². The highest BCUT2D eigenvalue weighted by Gasteiger charge is 2.35. The molecule has 1 N–H and O–H groups in total. The highest BCUT2D eigenvalue weighted by Crippen LogP contribution is 2.38. The molecule has 25 heavy (non-hydrogen) atoms. The number of aromatic hydroxyl groups is 1. The van der Waals surface area contributed by atoms with Crippen LogP contribution in [0.3, 0.4) is 0 Å². The van der Waals surface area contributed by atoms with E-state index in [-0.39, 0.29) is 28.3 Å². The average molecular weight is 595 g/mol.